The third-order valence-corrected chi connectivity index (χ3v) is 2.90. The van der Waals surface area contributed by atoms with Crippen LogP contribution in [0.4, 0.5) is 8.78 Å². The van der Waals surface area contributed by atoms with E-state index in [1.54, 1.807) is 0 Å². The van der Waals surface area contributed by atoms with Crippen LogP contribution < -0.4 is 5.32 Å². The fourth-order valence-electron chi connectivity index (χ4n) is 1.33. The van der Waals surface area contributed by atoms with Crippen LogP contribution in [0.5, 0.6) is 0 Å². The third-order valence-electron chi connectivity index (χ3n) is 2.24. The molecule has 1 aromatic rings. The van der Waals surface area contributed by atoms with Crippen LogP contribution in [0, 0.1) is 11.6 Å². The fourth-order valence-corrected chi connectivity index (χ4v) is 1.83. The Labute approximate surface area is 117 Å². The van der Waals surface area contributed by atoms with Crippen molar-refractivity contribution in [2.75, 3.05) is 26.4 Å². The van der Waals surface area contributed by atoms with Crippen LogP contribution in [0.15, 0.2) is 16.6 Å². The van der Waals surface area contributed by atoms with Gasteiger partial charge in [0.25, 0.3) is 5.91 Å². The van der Waals surface area contributed by atoms with Crippen LogP contribution in [-0.4, -0.2) is 37.4 Å². The normalized spacial score (nSPS) is 10.5. The lowest BCUT2D eigenvalue weighted by molar-refractivity contribution is 0.0867. The fraction of sp³-hybridized carbons (Fsp3) is 0.417. The first kappa shape index (κ1) is 16.0. The van der Waals surface area contributed by atoms with E-state index < -0.39 is 17.5 Å². The third kappa shape index (κ3) is 5.22. The van der Waals surface area contributed by atoms with Crippen molar-refractivity contribution in [2.24, 2.45) is 0 Å². The molecule has 0 heterocycles. The topological polar surface area (TPSA) is 58.6 Å². The highest BCUT2D eigenvalue weighted by atomic mass is 79.9. The van der Waals surface area contributed by atoms with E-state index in [0.717, 1.165) is 12.1 Å². The van der Waals surface area contributed by atoms with Gasteiger partial charge in [-0.05, 0) is 34.5 Å². The van der Waals surface area contributed by atoms with Gasteiger partial charge in [-0.25, -0.2) is 8.78 Å². The minimum atomic E-state index is -1.07. The van der Waals surface area contributed by atoms with Crippen molar-refractivity contribution in [2.45, 2.75) is 6.42 Å². The number of aliphatic hydroxyl groups is 1. The Morgan fingerprint density at radius 3 is 2.68 bits per heavy atom. The summed E-state index contributed by atoms with van der Waals surface area (Å²) < 4.78 is 31.1. The lowest BCUT2D eigenvalue weighted by Gasteiger charge is -2.07. The molecule has 0 atom stereocenters. The maximum Gasteiger partial charge on any atom is 0.252 e. The minimum absolute atomic E-state index is 0.0372. The number of halogens is 3. The number of aliphatic hydroxyl groups excluding tert-OH is 1. The second-order valence-electron chi connectivity index (χ2n) is 3.69. The molecule has 0 saturated heterocycles. The monoisotopic (exact) mass is 337 g/mol. The largest absolute Gasteiger partial charge is 0.394 e. The molecule has 0 radical (unpaired) electrons. The molecule has 0 aliphatic carbocycles. The van der Waals surface area contributed by atoms with Gasteiger partial charge in [-0.15, -0.1) is 0 Å². The second-order valence-corrected chi connectivity index (χ2v) is 4.55. The molecule has 0 bridgehead atoms. The number of nitrogens with one attached hydrogen (secondary N) is 1. The summed E-state index contributed by atoms with van der Waals surface area (Å²) in [4.78, 5) is 11.7. The minimum Gasteiger partial charge on any atom is -0.394 e. The average Bonchev–Trinajstić information content (AvgIpc) is 2.37. The summed E-state index contributed by atoms with van der Waals surface area (Å²) in [6.07, 6.45) is 0.563. The van der Waals surface area contributed by atoms with E-state index >= 15 is 0 Å². The number of benzene rings is 1. The highest BCUT2D eigenvalue weighted by Crippen LogP contribution is 2.20. The molecule has 0 saturated carbocycles. The maximum absolute atomic E-state index is 13.0. The van der Waals surface area contributed by atoms with Crippen LogP contribution in [0.2, 0.25) is 0 Å². The van der Waals surface area contributed by atoms with Crippen molar-refractivity contribution in [3.05, 3.63) is 33.8 Å². The number of amides is 1. The van der Waals surface area contributed by atoms with E-state index in [1.165, 1.54) is 0 Å². The molecule has 1 amide bonds. The van der Waals surface area contributed by atoms with Gasteiger partial charge in [-0.3, -0.25) is 4.79 Å². The van der Waals surface area contributed by atoms with Crippen LogP contribution in [0.1, 0.15) is 16.8 Å². The Morgan fingerprint density at radius 2 is 2.00 bits per heavy atom. The molecule has 0 spiro atoms. The summed E-state index contributed by atoms with van der Waals surface area (Å²) in [5, 5.41) is 11.0. The molecule has 19 heavy (non-hydrogen) atoms. The predicted octanol–water partition coefficient (Wildman–Crippen LogP) is 1.86. The van der Waals surface area contributed by atoms with E-state index in [-0.39, 0.29) is 23.2 Å². The summed E-state index contributed by atoms with van der Waals surface area (Å²) in [5.74, 6) is -2.58. The lowest BCUT2D eigenvalue weighted by Crippen LogP contribution is -2.26. The molecule has 0 aliphatic heterocycles. The van der Waals surface area contributed by atoms with E-state index in [1.807, 2.05) is 0 Å². The molecular weight excluding hydrogens is 324 g/mol. The van der Waals surface area contributed by atoms with Crippen LogP contribution in [-0.2, 0) is 4.74 Å². The number of rotatable bonds is 7. The highest BCUT2D eigenvalue weighted by molar-refractivity contribution is 9.10. The molecule has 0 unspecified atom stereocenters. The predicted molar refractivity (Wildman–Crippen MR) is 68.9 cm³/mol. The molecule has 7 heteroatoms. The number of carbonyl (C=O) groups excluding carboxylic acids is 1. The zero-order valence-corrected chi connectivity index (χ0v) is 11.7. The van der Waals surface area contributed by atoms with Gasteiger partial charge in [0, 0.05) is 17.6 Å². The molecule has 0 fully saturated rings. The van der Waals surface area contributed by atoms with Gasteiger partial charge in [0.1, 0.15) is 0 Å². The Bertz CT molecular complexity index is 443. The Morgan fingerprint density at radius 1 is 1.32 bits per heavy atom. The van der Waals surface area contributed by atoms with Crippen molar-refractivity contribution in [3.63, 3.8) is 0 Å². The summed E-state index contributed by atoms with van der Waals surface area (Å²) in [6.45, 7) is 0.951. The van der Waals surface area contributed by atoms with Crippen molar-refractivity contribution in [3.8, 4) is 0 Å². The standard InChI is InChI=1S/C12H14BrF2NO3/c13-9-7-11(15)10(14)6-8(9)12(18)16-2-1-4-19-5-3-17/h6-7,17H,1-5H2,(H,16,18). The summed E-state index contributed by atoms with van der Waals surface area (Å²) in [5.41, 5.74) is 0.0372. The van der Waals surface area contributed by atoms with E-state index in [2.05, 4.69) is 21.2 Å². The number of hydrogen-bond acceptors (Lipinski definition) is 3. The van der Waals surface area contributed by atoms with Gasteiger partial charge < -0.3 is 15.2 Å². The van der Waals surface area contributed by atoms with Crippen molar-refractivity contribution < 1.29 is 23.4 Å². The quantitative estimate of drug-likeness (QED) is 0.589. The molecule has 1 aromatic carbocycles. The maximum atomic E-state index is 13.0. The summed E-state index contributed by atoms with van der Waals surface area (Å²) in [7, 11) is 0. The first-order valence-corrected chi connectivity index (χ1v) is 6.47. The Hall–Kier alpha value is -1.05. The first-order chi connectivity index (χ1) is 9.06. The smallest absolute Gasteiger partial charge is 0.252 e. The van der Waals surface area contributed by atoms with Crippen molar-refractivity contribution in [1.82, 2.24) is 5.32 Å². The molecular formula is C12H14BrF2NO3. The second kappa shape index (κ2) is 8.19. The van der Waals surface area contributed by atoms with Gasteiger partial charge in [-0.2, -0.15) is 0 Å². The Kier molecular flexibility index (Phi) is 6.90. The van der Waals surface area contributed by atoms with E-state index in [0.29, 0.717) is 19.6 Å². The number of carbonyl (C=O) groups is 1. The molecule has 106 valence electrons. The van der Waals surface area contributed by atoms with Crippen molar-refractivity contribution in [1.29, 1.82) is 0 Å². The van der Waals surface area contributed by atoms with E-state index in [4.69, 9.17) is 9.84 Å². The molecule has 1 rings (SSSR count). The first-order valence-electron chi connectivity index (χ1n) is 5.67. The van der Waals surface area contributed by atoms with Crippen molar-refractivity contribution >= 4 is 21.8 Å². The zero-order chi connectivity index (χ0) is 14.3. The SMILES string of the molecule is O=C(NCCCOCCO)c1cc(F)c(F)cc1Br. The zero-order valence-electron chi connectivity index (χ0n) is 10.1. The van der Waals surface area contributed by atoms with Crippen LogP contribution in [0.3, 0.4) is 0 Å². The molecule has 0 aromatic heterocycles. The molecule has 2 N–H and O–H groups in total. The van der Waals surface area contributed by atoms with E-state index in [9.17, 15) is 13.6 Å². The van der Waals surface area contributed by atoms with Gasteiger partial charge in [0.2, 0.25) is 0 Å². The van der Waals surface area contributed by atoms with Crippen LogP contribution in [0.25, 0.3) is 0 Å². The van der Waals surface area contributed by atoms with Gasteiger partial charge in [0.05, 0.1) is 18.8 Å². The van der Waals surface area contributed by atoms with Crippen LogP contribution >= 0.6 is 15.9 Å². The van der Waals surface area contributed by atoms with Gasteiger partial charge >= 0.3 is 0 Å². The Balaban J connectivity index is 2.43. The number of hydrogen-bond donors (Lipinski definition) is 2. The van der Waals surface area contributed by atoms with Gasteiger partial charge in [0.15, 0.2) is 11.6 Å². The lowest BCUT2D eigenvalue weighted by atomic mass is 10.2. The average molecular weight is 338 g/mol. The summed E-state index contributed by atoms with van der Waals surface area (Å²) >= 11 is 3.01. The molecule has 0 aliphatic rings. The number of ether oxygens (including phenoxy) is 1. The summed E-state index contributed by atoms with van der Waals surface area (Å²) in [6, 6.07) is 1.76. The molecule has 4 nitrogen and oxygen atoms in total. The highest BCUT2D eigenvalue weighted by Gasteiger charge is 2.14. The van der Waals surface area contributed by atoms with Gasteiger partial charge in [-0.1, -0.05) is 0 Å².